The number of hydrogen-bond acceptors (Lipinski definition) is 6. The van der Waals surface area contributed by atoms with E-state index in [-0.39, 0.29) is 16.4 Å². The van der Waals surface area contributed by atoms with Gasteiger partial charge < -0.3 is 11.1 Å². The molecule has 3 N–H and O–H groups in total. The number of rotatable bonds is 3. The highest BCUT2D eigenvalue weighted by atomic mass is 32.2. The van der Waals surface area contributed by atoms with Crippen molar-refractivity contribution in [1.82, 2.24) is 15.3 Å². The van der Waals surface area contributed by atoms with Crippen molar-refractivity contribution in [3.63, 3.8) is 0 Å². The Bertz CT molecular complexity index is 786. The molecule has 0 aliphatic heterocycles. The maximum absolute atomic E-state index is 11.6. The first kappa shape index (κ1) is 14.9. The lowest BCUT2D eigenvalue weighted by Crippen LogP contribution is -2.21. The molecule has 2 aromatic rings. The minimum absolute atomic E-state index is 0.0298. The van der Waals surface area contributed by atoms with Crippen LogP contribution >= 0.6 is 0 Å². The van der Waals surface area contributed by atoms with Crippen molar-refractivity contribution in [2.24, 2.45) is 0 Å². The summed E-state index contributed by atoms with van der Waals surface area (Å²) in [6.45, 7) is 0. The van der Waals surface area contributed by atoms with E-state index >= 15 is 0 Å². The molecule has 7 nitrogen and oxygen atoms in total. The van der Waals surface area contributed by atoms with Crippen LogP contribution in [0.4, 0.5) is 5.82 Å². The highest BCUT2D eigenvalue weighted by molar-refractivity contribution is 7.90. The number of sulfone groups is 1. The van der Waals surface area contributed by atoms with Crippen molar-refractivity contribution < 1.29 is 13.2 Å². The number of carbonyl (C=O) groups excluding carboxylic acids is 1. The molecule has 8 heteroatoms. The fourth-order valence-corrected chi connectivity index (χ4v) is 2.33. The maximum Gasteiger partial charge on any atom is 0.273 e. The molecule has 110 valence electrons. The molecule has 1 amide bonds. The summed E-state index contributed by atoms with van der Waals surface area (Å²) in [6, 6.07) is 6.15. The van der Waals surface area contributed by atoms with Crippen LogP contribution in [0.2, 0.25) is 0 Å². The van der Waals surface area contributed by atoms with Crippen molar-refractivity contribution in [1.29, 1.82) is 0 Å². The molecular formula is C13H14N4O3S. The Morgan fingerprint density at radius 1 is 1.24 bits per heavy atom. The third-order valence-electron chi connectivity index (χ3n) is 2.82. The molecule has 0 fully saturated rings. The van der Waals surface area contributed by atoms with Crippen LogP contribution in [0.3, 0.4) is 0 Å². The van der Waals surface area contributed by atoms with Gasteiger partial charge in [0, 0.05) is 18.9 Å². The SMILES string of the molecule is CNC(=O)c1nc(-c2ccc(S(C)(=O)=O)cc2)cnc1N. The molecule has 0 atom stereocenters. The highest BCUT2D eigenvalue weighted by Crippen LogP contribution is 2.20. The lowest BCUT2D eigenvalue weighted by atomic mass is 10.1. The number of nitrogens with zero attached hydrogens (tertiary/aromatic N) is 2. The Hall–Kier alpha value is -2.48. The van der Waals surface area contributed by atoms with Gasteiger partial charge in [0.15, 0.2) is 21.3 Å². The van der Waals surface area contributed by atoms with E-state index in [9.17, 15) is 13.2 Å². The lowest BCUT2D eigenvalue weighted by Gasteiger charge is -2.06. The number of nitrogens with two attached hydrogens (primary N) is 1. The van der Waals surface area contributed by atoms with E-state index < -0.39 is 15.7 Å². The number of amides is 1. The van der Waals surface area contributed by atoms with Crippen molar-refractivity contribution in [3.8, 4) is 11.3 Å². The second-order valence-electron chi connectivity index (χ2n) is 4.36. The van der Waals surface area contributed by atoms with Gasteiger partial charge in [-0.2, -0.15) is 0 Å². The van der Waals surface area contributed by atoms with E-state index in [0.29, 0.717) is 11.3 Å². The van der Waals surface area contributed by atoms with Gasteiger partial charge in [-0.25, -0.2) is 18.4 Å². The van der Waals surface area contributed by atoms with Crippen molar-refractivity contribution in [3.05, 3.63) is 36.2 Å². The Balaban J connectivity index is 2.45. The van der Waals surface area contributed by atoms with Crippen LogP contribution in [0.15, 0.2) is 35.4 Å². The third-order valence-corrected chi connectivity index (χ3v) is 3.95. The number of hydrogen-bond donors (Lipinski definition) is 2. The Labute approximate surface area is 122 Å². The van der Waals surface area contributed by atoms with Crippen LogP contribution in [-0.2, 0) is 9.84 Å². The molecule has 1 aromatic carbocycles. The first-order valence-electron chi connectivity index (χ1n) is 5.98. The zero-order valence-corrected chi connectivity index (χ0v) is 12.3. The molecule has 0 spiro atoms. The van der Waals surface area contributed by atoms with E-state index in [2.05, 4.69) is 15.3 Å². The van der Waals surface area contributed by atoms with Crippen LogP contribution in [0.5, 0.6) is 0 Å². The van der Waals surface area contributed by atoms with Crippen LogP contribution in [0.25, 0.3) is 11.3 Å². The molecule has 0 radical (unpaired) electrons. The number of aromatic nitrogens is 2. The molecule has 0 aliphatic rings. The summed E-state index contributed by atoms with van der Waals surface area (Å²) in [7, 11) is -1.78. The second-order valence-corrected chi connectivity index (χ2v) is 6.38. The molecule has 2 rings (SSSR count). The normalized spacial score (nSPS) is 11.1. The summed E-state index contributed by atoms with van der Waals surface area (Å²) in [5.41, 5.74) is 6.71. The molecule has 0 aliphatic carbocycles. The Kier molecular flexibility index (Phi) is 3.90. The van der Waals surface area contributed by atoms with Gasteiger partial charge in [-0.05, 0) is 12.1 Å². The van der Waals surface area contributed by atoms with Gasteiger partial charge >= 0.3 is 0 Å². The topological polar surface area (TPSA) is 115 Å². The largest absolute Gasteiger partial charge is 0.382 e. The third kappa shape index (κ3) is 3.16. The first-order chi connectivity index (χ1) is 9.82. The minimum Gasteiger partial charge on any atom is -0.382 e. The van der Waals surface area contributed by atoms with Gasteiger partial charge in [0.2, 0.25) is 0 Å². The molecule has 0 saturated heterocycles. The number of benzene rings is 1. The second kappa shape index (κ2) is 5.49. The molecule has 0 unspecified atom stereocenters. The summed E-state index contributed by atoms with van der Waals surface area (Å²) in [6.07, 6.45) is 2.56. The van der Waals surface area contributed by atoms with Gasteiger partial charge in [-0.1, -0.05) is 12.1 Å². The van der Waals surface area contributed by atoms with Crippen LogP contribution in [0.1, 0.15) is 10.5 Å². The fraction of sp³-hybridized carbons (Fsp3) is 0.154. The molecular weight excluding hydrogens is 292 g/mol. The summed E-state index contributed by atoms with van der Waals surface area (Å²) in [5, 5.41) is 2.43. The van der Waals surface area contributed by atoms with E-state index in [4.69, 9.17) is 5.73 Å². The molecule has 1 aromatic heterocycles. The quantitative estimate of drug-likeness (QED) is 0.852. The standard InChI is InChI=1S/C13H14N4O3S/c1-15-13(18)11-12(14)16-7-10(17-11)8-3-5-9(6-4-8)21(2,19)20/h3-7H,1-2H3,(H2,14,16)(H,15,18). The number of nitrogen functional groups attached to an aromatic ring is 1. The predicted molar refractivity (Wildman–Crippen MR) is 78.4 cm³/mol. The van der Waals surface area contributed by atoms with Gasteiger partial charge in [-0.15, -0.1) is 0 Å². The van der Waals surface area contributed by atoms with E-state index in [1.807, 2.05) is 0 Å². The molecule has 0 saturated carbocycles. The Morgan fingerprint density at radius 3 is 2.38 bits per heavy atom. The summed E-state index contributed by atoms with van der Waals surface area (Å²) < 4.78 is 22.8. The summed E-state index contributed by atoms with van der Waals surface area (Å²) in [5.74, 6) is -0.402. The van der Waals surface area contributed by atoms with Crippen molar-refractivity contribution in [2.75, 3.05) is 19.0 Å². The fourth-order valence-electron chi connectivity index (χ4n) is 1.70. The number of anilines is 1. The highest BCUT2D eigenvalue weighted by Gasteiger charge is 2.13. The molecule has 21 heavy (non-hydrogen) atoms. The van der Waals surface area contributed by atoms with E-state index in [1.165, 1.54) is 25.4 Å². The summed E-state index contributed by atoms with van der Waals surface area (Å²) >= 11 is 0. The van der Waals surface area contributed by atoms with Gasteiger partial charge in [-0.3, -0.25) is 4.79 Å². The number of carbonyl (C=O) groups is 1. The lowest BCUT2D eigenvalue weighted by molar-refractivity contribution is 0.0959. The van der Waals surface area contributed by atoms with Crippen LogP contribution < -0.4 is 11.1 Å². The molecule has 0 bridgehead atoms. The van der Waals surface area contributed by atoms with Crippen molar-refractivity contribution in [2.45, 2.75) is 4.90 Å². The zero-order valence-electron chi connectivity index (χ0n) is 11.5. The Morgan fingerprint density at radius 2 is 1.86 bits per heavy atom. The van der Waals surface area contributed by atoms with Gasteiger partial charge in [0.25, 0.3) is 5.91 Å². The monoisotopic (exact) mass is 306 g/mol. The van der Waals surface area contributed by atoms with Gasteiger partial charge in [0.1, 0.15) is 0 Å². The molecule has 1 heterocycles. The zero-order chi connectivity index (χ0) is 15.6. The minimum atomic E-state index is -3.25. The first-order valence-corrected chi connectivity index (χ1v) is 7.87. The number of nitrogens with one attached hydrogen (secondary N) is 1. The average molecular weight is 306 g/mol. The maximum atomic E-state index is 11.6. The average Bonchev–Trinajstić information content (AvgIpc) is 2.46. The van der Waals surface area contributed by atoms with E-state index in [0.717, 1.165) is 6.26 Å². The van der Waals surface area contributed by atoms with Crippen LogP contribution in [0, 0.1) is 0 Å². The predicted octanol–water partition coefficient (Wildman–Crippen LogP) is 0.489. The summed E-state index contributed by atoms with van der Waals surface area (Å²) in [4.78, 5) is 19.9. The van der Waals surface area contributed by atoms with E-state index in [1.54, 1.807) is 12.1 Å². The smallest absolute Gasteiger partial charge is 0.273 e. The van der Waals surface area contributed by atoms with Crippen molar-refractivity contribution >= 4 is 21.6 Å². The van der Waals surface area contributed by atoms with Gasteiger partial charge in [0.05, 0.1) is 16.8 Å². The van der Waals surface area contributed by atoms with Crippen LogP contribution in [-0.4, -0.2) is 37.6 Å².